The van der Waals surface area contributed by atoms with Gasteiger partial charge < -0.3 is 19.9 Å². The molecule has 0 aliphatic rings. The van der Waals surface area contributed by atoms with Gasteiger partial charge in [-0.2, -0.15) is 0 Å². The minimum atomic E-state index is -3.93. The predicted molar refractivity (Wildman–Crippen MR) is 152 cm³/mol. The van der Waals surface area contributed by atoms with Gasteiger partial charge in [0, 0.05) is 19.3 Å². The molecule has 0 saturated carbocycles. The Morgan fingerprint density at radius 3 is 2.33 bits per heavy atom. The van der Waals surface area contributed by atoms with Gasteiger partial charge in [0.25, 0.3) is 10.0 Å². The van der Waals surface area contributed by atoms with Gasteiger partial charge in [0.15, 0.2) is 5.75 Å². The number of anilines is 2. The number of aromatic carboxylic acids is 1. The number of rotatable bonds is 10. The number of carboxylic acids is 1. The molecule has 11 heteroatoms. The SMILES string of the molecule is COc1ccc(S(=O)(=O)N(C)c2ccccc2Oc2ccc(NCc3cccc(Cl)c3Cl)c(C(=O)O)c2)cc1. The lowest BCUT2D eigenvalue weighted by molar-refractivity contribution is 0.0697. The monoisotopic (exact) mass is 586 g/mol. The second-order valence-electron chi connectivity index (χ2n) is 8.30. The van der Waals surface area contributed by atoms with Gasteiger partial charge in [-0.15, -0.1) is 0 Å². The molecule has 0 saturated heterocycles. The van der Waals surface area contributed by atoms with Gasteiger partial charge in [0.05, 0.1) is 33.3 Å². The summed E-state index contributed by atoms with van der Waals surface area (Å²) in [7, 11) is -1.02. The first-order chi connectivity index (χ1) is 18.6. The van der Waals surface area contributed by atoms with Crippen LogP contribution in [0.15, 0.2) is 89.8 Å². The molecule has 2 N–H and O–H groups in total. The van der Waals surface area contributed by atoms with Crippen molar-refractivity contribution in [2.24, 2.45) is 0 Å². The summed E-state index contributed by atoms with van der Waals surface area (Å²) in [5.74, 6) is -0.211. The lowest BCUT2D eigenvalue weighted by Gasteiger charge is -2.22. The molecule has 0 spiro atoms. The van der Waals surface area contributed by atoms with Gasteiger partial charge in [0.1, 0.15) is 11.5 Å². The molecule has 0 aromatic heterocycles. The Labute approximate surface area is 236 Å². The molecule has 4 aromatic carbocycles. The van der Waals surface area contributed by atoms with Crippen molar-refractivity contribution >= 4 is 50.6 Å². The minimum Gasteiger partial charge on any atom is -0.497 e. The first-order valence-electron chi connectivity index (χ1n) is 11.6. The van der Waals surface area contributed by atoms with Crippen LogP contribution < -0.4 is 19.1 Å². The summed E-state index contributed by atoms with van der Waals surface area (Å²) in [6.45, 7) is 0.247. The third-order valence-corrected chi connectivity index (χ3v) is 8.52. The Bertz CT molecular complexity index is 1610. The molecule has 4 rings (SSSR count). The number of hydrogen-bond donors (Lipinski definition) is 2. The molecule has 0 atom stereocenters. The second-order valence-corrected chi connectivity index (χ2v) is 11.1. The fourth-order valence-electron chi connectivity index (χ4n) is 3.76. The highest BCUT2D eigenvalue weighted by Gasteiger charge is 2.24. The summed E-state index contributed by atoms with van der Waals surface area (Å²) < 4.78 is 38.8. The molecule has 39 heavy (non-hydrogen) atoms. The minimum absolute atomic E-state index is 0.0395. The number of sulfonamides is 1. The van der Waals surface area contributed by atoms with E-state index < -0.39 is 16.0 Å². The van der Waals surface area contributed by atoms with Crippen molar-refractivity contribution in [2.75, 3.05) is 23.8 Å². The standard InChI is InChI=1S/C28H24Cl2N2O6S/c1-32(39(35,36)21-13-10-19(37-2)11-14-21)25-8-3-4-9-26(25)38-20-12-15-24(22(16-20)28(33)34)31-17-18-6-5-7-23(29)27(18)30/h3-16,31H,17H2,1-2H3,(H,33,34). The van der Waals surface area contributed by atoms with Crippen LogP contribution >= 0.6 is 23.2 Å². The van der Waals surface area contributed by atoms with Crippen LogP contribution in [0.2, 0.25) is 10.0 Å². The average molecular weight is 587 g/mol. The third-order valence-electron chi connectivity index (χ3n) is 5.87. The van der Waals surface area contributed by atoms with E-state index in [-0.39, 0.29) is 34.2 Å². The fraction of sp³-hybridized carbons (Fsp3) is 0.107. The Hall–Kier alpha value is -3.92. The molecule has 0 unspecified atom stereocenters. The molecule has 0 aliphatic heterocycles. The van der Waals surface area contributed by atoms with E-state index in [4.69, 9.17) is 32.7 Å². The van der Waals surface area contributed by atoms with Gasteiger partial charge >= 0.3 is 5.97 Å². The van der Waals surface area contributed by atoms with Crippen molar-refractivity contribution in [1.82, 2.24) is 0 Å². The number of nitrogens with zero attached hydrogens (tertiary/aromatic N) is 1. The van der Waals surface area contributed by atoms with Crippen LogP contribution in [-0.2, 0) is 16.6 Å². The molecule has 202 valence electrons. The molecule has 0 amide bonds. The maximum Gasteiger partial charge on any atom is 0.337 e. The Morgan fingerprint density at radius 1 is 0.949 bits per heavy atom. The summed E-state index contributed by atoms with van der Waals surface area (Å²) in [5.41, 5.74) is 1.28. The molecule has 8 nitrogen and oxygen atoms in total. The number of nitrogens with one attached hydrogen (secondary N) is 1. The van der Waals surface area contributed by atoms with E-state index in [1.165, 1.54) is 32.4 Å². The van der Waals surface area contributed by atoms with Gasteiger partial charge in [-0.3, -0.25) is 4.31 Å². The van der Waals surface area contributed by atoms with Crippen molar-refractivity contribution in [3.8, 4) is 17.2 Å². The molecule has 0 fully saturated rings. The van der Waals surface area contributed by atoms with Crippen LogP contribution in [0.25, 0.3) is 0 Å². The van der Waals surface area contributed by atoms with Crippen LogP contribution in [0.5, 0.6) is 17.2 Å². The van der Waals surface area contributed by atoms with E-state index in [0.717, 1.165) is 4.31 Å². The summed E-state index contributed by atoms with van der Waals surface area (Å²) in [4.78, 5) is 12.1. The summed E-state index contributed by atoms with van der Waals surface area (Å²) in [5, 5.41) is 13.7. The Kier molecular flexibility index (Phi) is 8.54. The molecular weight excluding hydrogens is 563 g/mol. The molecular formula is C28H24Cl2N2O6S. The van der Waals surface area contributed by atoms with E-state index >= 15 is 0 Å². The summed E-state index contributed by atoms with van der Waals surface area (Å²) in [6, 6.07) is 22.3. The number of carbonyl (C=O) groups is 1. The molecule has 0 heterocycles. The highest BCUT2D eigenvalue weighted by molar-refractivity contribution is 7.92. The fourth-order valence-corrected chi connectivity index (χ4v) is 5.35. The van der Waals surface area contributed by atoms with Crippen molar-refractivity contribution in [2.45, 2.75) is 11.4 Å². The number of benzene rings is 4. The topological polar surface area (TPSA) is 105 Å². The van der Waals surface area contributed by atoms with E-state index in [1.807, 2.05) is 0 Å². The van der Waals surface area contributed by atoms with Crippen LogP contribution in [0.4, 0.5) is 11.4 Å². The first kappa shape index (κ1) is 28.1. The van der Waals surface area contributed by atoms with Crippen LogP contribution in [0, 0.1) is 0 Å². The third kappa shape index (κ3) is 6.22. The molecule has 0 bridgehead atoms. The van der Waals surface area contributed by atoms with Crippen molar-refractivity contribution in [3.63, 3.8) is 0 Å². The van der Waals surface area contributed by atoms with E-state index in [0.29, 0.717) is 27.0 Å². The zero-order chi connectivity index (χ0) is 28.2. The first-order valence-corrected chi connectivity index (χ1v) is 13.8. The number of carboxylic acid groups (broad SMARTS) is 1. The van der Waals surface area contributed by atoms with Gasteiger partial charge in [-0.1, -0.05) is 47.5 Å². The Morgan fingerprint density at radius 2 is 1.64 bits per heavy atom. The van der Waals surface area contributed by atoms with Crippen LogP contribution in [0.1, 0.15) is 15.9 Å². The zero-order valence-corrected chi connectivity index (χ0v) is 23.2. The quantitative estimate of drug-likeness (QED) is 0.207. The smallest absolute Gasteiger partial charge is 0.337 e. The molecule has 4 aromatic rings. The second kappa shape index (κ2) is 11.9. The maximum absolute atomic E-state index is 13.3. The lowest BCUT2D eigenvalue weighted by Crippen LogP contribution is -2.26. The average Bonchev–Trinajstić information content (AvgIpc) is 2.94. The number of para-hydroxylation sites is 2. The summed E-state index contributed by atoms with van der Waals surface area (Å²) >= 11 is 12.3. The van der Waals surface area contributed by atoms with Gasteiger partial charge in [-0.25, -0.2) is 13.2 Å². The number of methoxy groups -OCH3 is 1. The van der Waals surface area contributed by atoms with Crippen molar-refractivity contribution < 1.29 is 27.8 Å². The van der Waals surface area contributed by atoms with Crippen molar-refractivity contribution in [3.05, 3.63) is 106 Å². The lowest BCUT2D eigenvalue weighted by atomic mass is 10.1. The van der Waals surface area contributed by atoms with Crippen LogP contribution in [0.3, 0.4) is 0 Å². The number of halogens is 2. The molecule has 0 radical (unpaired) electrons. The largest absolute Gasteiger partial charge is 0.497 e. The summed E-state index contributed by atoms with van der Waals surface area (Å²) in [6.07, 6.45) is 0. The predicted octanol–water partition coefficient (Wildman–Crippen LogP) is 6.93. The number of hydrogen-bond acceptors (Lipinski definition) is 6. The maximum atomic E-state index is 13.3. The van der Waals surface area contributed by atoms with Crippen LogP contribution in [-0.4, -0.2) is 33.7 Å². The van der Waals surface area contributed by atoms with Gasteiger partial charge in [0.2, 0.25) is 0 Å². The van der Waals surface area contributed by atoms with E-state index in [2.05, 4.69) is 5.32 Å². The van der Waals surface area contributed by atoms with Crippen molar-refractivity contribution in [1.29, 1.82) is 0 Å². The van der Waals surface area contributed by atoms with E-state index in [9.17, 15) is 18.3 Å². The highest BCUT2D eigenvalue weighted by Crippen LogP contribution is 2.36. The van der Waals surface area contributed by atoms with E-state index in [1.54, 1.807) is 66.7 Å². The van der Waals surface area contributed by atoms with Gasteiger partial charge in [-0.05, 0) is 66.2 Å². The Balaban J connectivity index is 1.59. The highest BCUT2D eigenvalue weighted by atomic mass is 35.5. The normalized spacial score (nSPS) is 11.1. The zero-order valence-electron chi connectivity index (χ0n) is 20.9. The molecule has 0 aliphatic carbocycles. The number of ether oxygens (including phenoxy) is 2.